The topological polar surface area (TPSA) is 80.3 Å². The first-order valence-electron chi connectivity index (χ1n) is 9.55. The van der Waals surface area contributed by atoms with Gasteiger partial charge in [-0.1, -0.05) is 6.07 Å². The molecule has 2 amide bonds. The maximum atomic E-state index is 13.4. The summed E-state index contributed by atoms with van der Waals surface area (Å²) < 4.78 is 18.5. The van der Waals surface area contributed by atoms with Crippen LogP contribution in [0.2, 0.25) is 0 Å². The third-order valence-corrected chi connectivity index (χ3v) is 5.98. The molecule has 0 aliphatic heterocycles. The molecule has 4 rings (SSSR count). The van der Waals surface area contributed by atoms with Crippen LogP contribution in [0.3, 0.4) is 0 Å². The van der Waals surface area contributed by atoms with E-state index < -0.39 is 11.7 Å². The first-order valence-corrected chi connectivity index (χ1v) is 10.4. The van der Waals surface area contributed by atoms with E-state index >= 15 is 0 Å². The van der Waals surface area contributed by atoms with Crippen LogP contribution in [-0.2, 0) is 11.2 Å². The number of fused-ring (bicyclic) bond motifs is 1. The molecule has 0 saturated carbocycles. The number of benzene rings is 2. The Hall–Kier alpha value is -3.26. The van der Waals surface area contributed by atoms with Crippen molar-refractivity contribution in [3.63, 3.8) is 0 Å². The van der Waals surface area contributed by atoms with Crippen LogP contribution in [0, 0.1) is 5.82 Å². The van der Waals surface area contributed by atoms with Gasteiger partial charge in [0.05, 0.1) is 18.7 Å². The Balaban J connectivity index is 1.49. The van der Waals surface area contributed by atoms with Crippen molar-refractivity contribution in [3.05, 3.63) is 70.5 Å². The molecule has 2 N–H and O–H groups in total. The Morgan fingerprint density at radius 2 is 1.97 bits per heavy atom. The number of anilines is 2. The van der Waals surface area contributed by atoms with Gasteiger partial charge in [-0.05, 0) is 61.7 Å². The number of ether oxygens (including phenoxy) is 1. The predicted molar refractivity (Wildman–Crippen MR) is 114 cm³/mol. The summed E-state index contributed by atoms with van der Waals surface area (Å²) in [7, 11) is 1.57. The molecule has 2 aromatic carbocycles. The summed E-state index contributed by atoms with van der Waals surface area (Å²) in [5.74, 6) is -0.665. The van der Waals surface area contributed by atoms with Crippen LogP contribution < -0.4 is 15.4 Å². The SMILES string of the molecule is COc1ccc(C(=O)Nc2nc3c(s2)CCC[C@@H]3C(=O)Nc2cccc(F)c2)cc1. The lowest BCUT2D eigenvalue weighted by Gasteiger charge is -2.20. The van der Waals surface area contributed by atoms with E-state index in [9.17, 15) is 14.0 Å². The van der Waals surface area contributed by atoms with Crippen molar-refractivity contribution in [2.45, 2.75) is 25.2 Å². The fraction of sp³-hybridized carbons (Fsp3) is 0.227. The third-order valence-electron chi connectivity index (χ3n) is 4.94. The second-order valence-corrected chi connectivity index (χ2v) is 8.04. The number of hydrogen-bond acceptors (Lipinski definition) is 5. The van der Waals surface area contributed by atoms with Gasteiger partial charge in [0.25, 0.3) is 5.91 Å². The van der Waals surface area contributed by atoms with Gasteiger partial charge in [0, 0.05) is 16.1 Å². The molecule has 0 saturated heterocycles. The Bertz CT molecular complexity index is 1080. The molecule has 154 valence electrons. The number of carbonyl (C=O) groups is 2. The number of halogens is 1. The van der Waals surface area contributed by atoms with Crippen molar-refractivity contribution in [2.24, 2.45) is 0 Å². The Kier molecular flexibility index (Phi) is 5.76. The van der Waals surface area contributed by atoms with Crippen LogP contribution >= 0.6 is 11.3 Å². The summed E-state index contributed by atoms with van der Waals surface area (Å²) in [6, 6.07) is 12.6. The van der Waals surface area contributed by atoms with E-state index in [4.69, 9.17) is 4.74 Å². The van der Waals surface area contributed by atoms with Crippen LogP contribution in [0.1, 0.15) is 39.7 Å². The van der Waals surface area contributed by atoms with Crippen LogP contribution in [0.15, 0.2) is 48.5 Å². The van der Waals surface area contributed by atoms with E-state index in [2.05, 4.69) is 15.6 Å². The molecule has 1 aliphatic carbocycles. The zero-order valence-electron chi connectivity index (χ0n) is 16.3. The molecule has 1 aromatic heterocycles. The largest absolute Gasteiger partial charge is 0.497 e. The minimum atomic E-state index is -0.431. The van der Waals surface area contributed by atoms with Crippen LogP contribution in [0.5, 0.6) is 5.75 Å². The summed E-state index contributed by atoms with van der Waals surface area (Å²) in [6.07, 6.45) is 2.32. The first kappa shape index (κ1) is 20.0. The molecule has 3 aromatic rings. The van der Waals surface area contributed by atoms with Crippen molar-refractivity contribution < 1.29 is 18.7 Å². The monoisotopic (exact) mass is 425 g/mol. The highest BCUT2D eigenvalue weighted by Gasteiger charge is 2.30. The summed E-state index contributed by atoms with van der Waals surface area (Å²) >= 11 is 1.39. The summed E-state index contributed by atoms with van der Waals surface area (Å²) in [4.78, 5) is 30.8. The van der Waals surface area contributed by atoms with Crippen molar-refractivity contribution in [3.8, 4) is 5.75 Å². The Morgan fingerprint density at radius 1 is 1.17 bits per heavy atom. The first-order chi connectivity index (χ1) is 14.5. The number of rotatable bonds is 5. The molecule has 0 bridgehead atoms. The molecule has 30 heavy (non-hydrogen) atoms. The highest BCUT2D eigenvalue weighted by molar-refractivity contribution is 7.16. The number of carbonyl (C=O) groups excluding carboxylic acids is 2. The predicted octanol–water partition coefficient (Wildman–Crippen LogP) is 4.60. The molecule has 0 fully saturated rings. The molecular weight excluding hydrogens is 405 g/mol. The van der Waals surface area contributed by atoms with Gasteiger partial charge in [0.2, 0.25) is 5.91 Å². The van der Waals surface area contributed by atoms with E-state index in [-0.39, 0.29) is 11.8 Å². The Morgan fingerprint density at radius 3 is 2.70 bits per heavy atom. The standard InChI is InChI=1S/C22H20FN3O3S/c1-29-16-10-8-13(9-11-16)20(27)26-22-25-19-17(6-3-7-18(19)30-22)21(28)24-15-5-2-4-14(23)12-15/h2,4-5,8-12,17H,3,6-7H2,1H3,(H,24,28)(H,25,26,27)/t17-/m0/s1. The molecular formula is C22H20FN3O3S. The van der Waals surface area contributed by atoms with Gasteiger partial charge in [-0.2, -0.15) is 0 Å². The van der Waals surface area contributed by atoms with Gasteiger partial charge < -0.3 is 10.1 Å². The number of thiazole rings is 1. The van der Waals surface area contributed by atoms with Gasteiger partial charge in [0.15, 0.2) is 5.13 Å². The molecule has 1 heterocycles. The molecule has 8 heteroatoms. The van der Waals surface area contributed by atoms with Crippen molar-refractivity contribution >= 4 is 34.0 Å². The molecule has 1 aliphatic rings. The number of amides is 2. The molecule has 0 unspecified atom stereocenters. The third kappa shape index (κ3) is 4.33. The summed E-state index contributed by atoms with van der Waals surface area (Å²) in [5.41, 5.74) is 1.59. The van der Waals surface area contributed by atoms with Crippen molar-refractivity contribution in [2.75, 3.05) is 17.7 Å². The lowest BCUT2D eigenvalue weighted by atomic mass is 9.90. The smallest absolute Gasteiger partial charge is 0.257 e. The van der Waals surface area contributed by atoms with Crippen LogP contribution in [0.25, 0.3) is 0 Å². The van der Waals surface area contributed by atoms with Crippen molar-refractivity contribution in [1.29, 1.82) is 0 Å². The number of methoxy groups -OCH3 is 1. The van der Waals surface area contributed by atoms with Gasteiger partial charge >= 0.3 is 0 Å². The summed E-state index contributed by atoms with van der Waals surface area (Å²) in [6.45, 7) is 0. The number of nitrogens with zero attached hydrogens (tertiary/aromatic N) is 1. The number of aromatic nitrogens is 1. The lowest BCUT2D eigenvalue weighted by molar-refractivity contribution is -0.117. The fourth-order valence-corrected chi connectivity index (χ4v) is 4.49. The Labute approximate surface area is 177 Å². The quantitative estimate of drug-likeness (QED) is 0.626. The molecule has 1 atom stereocenters. The van der Waals surface area contributed by atoms with Gasteiger partial charge in [-0.25, -0.2) is 9.37 Å². The van der Waals surface area contributed by atoms with Gasteiger partial charge in [-0.15, -0.1) is 11.3 Å². The van der Waals surface area contributed by atoms with Crippen LogP contribution in [0.4, 0.5) is 15.2 Å². The molecule has 0 spiro atoms. The zero-order valence-corrected chi connectivity index (χ0v) is 17.1. The zero-order chi connectivity index (χ0) is 21.1. The molecule has 0 radical (unpaired) electrons. The van der Waals surface area contributed by atoms with Gasteiger partial charge in [-0.3, -0.25) is 14.9 Å². The normalized spacial score (nSPS) is 15.2. The summed E-state index contributed by atoms with van der Waals surface area (Å²) in [5, 5.41) is 6.05. The molecule has 6 nitrogen and oxygen atoms in total. The maximum absolute atomic E-state index is 13.4. The van der Waals surface area contributed by atoms with E-state index in [0.717, 1.165) is 17.7 Å². The van der Waals surface area contributed by atoms with E-state index in [0.29, 0.717) is 34.2 Å². The second kappa shape index (κ2) is 8.62. The second-order valence-electron chi connectivity index (χ2n) is 6.95. The van der Waals surface area contributed by atoms with Crippen molar-refractivity contribution in [1.82, 2.24) is 4.98 Å². The average Bonchev–Trinajstić information content (AvgIpc) is 3.16. The minimum Gasteiger partial charge on any atom is -0.497 e. The number of aryl methyl sites for hydroxylation is 1. The highest BCUT2D eigenvalue weighted by atomic mass is 32.1. The fourth-order valence-electron chi connectivity index (χ4n) is 3.43. The van der Waals surface area contributed by atoms with E-state index in [1.807, 2.05) is 0 Å². The van der Waals surface area contributed by atoms with Gasteiger partial charge in [0.1, 0.15) is 11.6 Å². The highest BCUT2D eigenvalue weighted by Crippen LogP contribution is 2.37. The van der Waals surface area contributed by atoms with Crippen LogP contribution in [-0.4, -0.2) is 23.9 Å². The maximum Gasteiger partial charge on any atom is 0.257 e. The van der Waals surface area contributed by atoms with E-state index in [1.165, 1.54) is 23.5 Å². The average molecular weight is 425 g/mol. The number of nitrogens with one attached hydrogen (secondary N) is 2. The lowest BCUT2D eigenvalue weighted by Crippen LogP contribution is -2.24. The van der Waals surface area contributed by atoms with E-state index in [1.54, 1.807) is 43.5 Å². The minimum absolute atomic E-state index is 0.222. The number of hydrogen-bond donors (Lipinski definition) is 2.